The third-order valence-electron chi connectivity index (χ3n) is 2.47. The van der Waals surface area contributed by atoms with Gasteiger partial charge in [0.1, 0.15) is 5.75 Å². The molecule has 1 atom stereocenters. The second-order valence-corrected chi connectivity index (χ2v) is 4.96. The van der Waals surface area contributed by atoms with Gasteiger partial charge in [0.05, 0.1) is 0 Å². The van der Waals surface area contributed by atoms with E-state index in [1.54, 1.807) is 6.07 Å². The summed E-state index contributed by atoms with van der Waals surface area (Å²) < 4.78 is 5.34. The molecule has 17 heavy (non-hydrogen) atoms. The van der Waals surface area contributed by atoms with Crippen LogP contribution in [0.15, 0.2) is 24.3 Å². The predicted molar refractivity (Wildman–Crippen MR) is 66.2 cm³/mol. The Kier molecular flexibility index (Phi) is 4.12. The summed E-state index contributed by atoms with van der Waals surface area (Å²) in [4.78, 5) is 10.8. The Morgan fingerprint density at radius 2 is 2.12 bits per heavy atom. The number of carboxylic acids is 1. The third-order valence-corrected chi connectivity index (χ3v) is 2.47. The summed E-state index contributed by atoms with van der Waals surface area (Å²) in [5.74, 6) is -0.510. The van der Waals surface area contributed by atoms with E-state index in [1.807, 2.05) is 18.2 Å². The zero-order valence-corrected chi connectivity index (χ0v) is 10.4. The van der Waals surface area contributed by atoms with Crippen LogP contribution in [0.4, 0.5) is 0 Å². The van der Waals surface area contributed by atoms with Crippen molar-refractivity contribution in [2.24, 2.45) is 5.73 Å². The number of hydrogen-bond donors (Lipinski definition) is 2. The average Bonchev–Trinajstić information content (AvgIpc) is 2.24. The first-order valence-electron chi connectivity index (χ1n) is 5.54. The predicted octanol–water partition coefficient (Wildman–Crippen LogP) is 1.77. The first-order chi connectivity index (χ1) is 7.84. The Labute approximate surface area is 101 Å². The molecule has 1 unspecified atom stereocenters. The summed E-state index contributed by atoms with van der Waals surface area (Å²) >= 11 is 0. The molecular formula is C13H19NO3. The van der Waals surface area contributed by atoms with E-state index in [1.165, 1.54) is 0 Å². The van der Waals surface area contributed by atoms with E-state index in [-0.39, 0.29) is 12.0 Å². The Bertz CT molecular complexity index is 396. The van der Waals surface area contributed by atoms with Crippen LogP contribution >= 0.6 is 0 Å². The van der Waals surface area contributed by atoms with Gasteiger partial charge < -0.3 is 15.6 Å². The van der Waals surface area contributed by atoms with E-state index in [9.17, 15) is 4.79 Å². The van der Waals surface area contributed by atoms with Gasteiger partial charge >= 0.3 is 5.97 Å². The molecular weight excluding hydrogens is 218 g/mol. The van der Waals surface area contributed by atoms with Crippen LogP contribution in [0.5, 0.6) is 5.75 Å². The molecule has 3 N–H and O–H groups in total. The van der Waals surface area contributed by atoms with Gasteiger partial charge in [-0.2, -0.15) is 0 Å². The van der Waals surface area contributed by atoms with Gasteiger partial charge in [-0.1, -0.05) is 32.9 Å². The largest absolute Gasteiger partial charge is 0.478 e. The molecule has 0 aliphatic rings. The molecule has 0 saturated carbocycles. The zero-order valence-electron chi connectivity index (χ0n) is 10.4. The lowest BCUT2D eigenvalue weighted by atomic mass is 9.87. The van der Waals surface area contributed by atoms with Crippen LogP contribution in [0.3, 0.4) is 0 Å². The number of ether oxygens (including phenoxy) is 1. The lowest BCUT2D eigenvalue weighted by Crippen LogP contribution is -2.34. The number of carboxylic acid groups (broad SMARTS) is 1. The Hall–Kier alpha value is -1.55. The highest BCUT2D eigenvalue weighted by Gasteiger charge is 2.19. The molecule has 0 amide bonds. The lowest BCUT2D eigenvalue weighted by molar-refractivity contribution is -0.144. The summed E-state index contributed by atoms with van der Waals surface area (Å²) in [7, 11) is 0. The summed E-state index contributed by atoms with van der Waals surface area (Å²) in [6.07, 6.45) is -0.995. The molecule has 1 aromatic rings. The van der Waals surface area contributed by atoms with Gasteiger partial charge in [0, 0.05) is 6.54 Å². The normalized spacial score (nSPS) is 13.2. The van der Waals surface area contributed by atoms with Gasteiger partial charge in [-0.3, -0.25) is 0 Å². The zero-order chi connectivity index (χ0) is 13.1. The molecule has 0 heterocycles. The Morgan fingerprint density at radius 1 is 1.47 bits per heavy atom. The van der Waals surface area contributed by atoms with Crippen LogP contribution in [0, 0.1) is 0 Å². The minimum Gasteiger partial charge on any atom is -0.478 e. The number of benzene rings is 1. The first-order valence-corrected chi connectivity index (χ1v) is 5.54. The van der Waals surface area contributed by atoms with E-state index in [2.05, 4.69) is 20.8 Å². The van der Waals surface area contributed by atoms with Crippen molar-refractivity contribution in [2.75, 3.05) is 6.54 Å². The van der Waals surface area contributed by atoms with Gasteiger partial charge in [-0.05, 0) is 23.1 Å². The van der Waals surface area contributed by atoms with Crippen LogP contribution in [-0.4, -0.2) is 23.7 Å². The molecule has 4 heteroatoms. The molecule has 0 aliphatic carbocycles. The lowest BCUT2D eigenvalue weighted by Gasteiger charge is -2.20. The van der Waals surface area contributed by atoms with E-state index in [4.69, 9.17) is 15.6 Å². The van der Waals surface area contributed by atoms with E-state index >= 15 is 0 Å². The van der Waals surface area contributed by atoms with Crippen LogP contribution in [-0.2, 0) is 10.2 Å². The molecule has 0 aliphatic heterocycles. The van der Waals surface area contributed by atoms with Crippen LogP contribution < -0.4 is 10.5 Å². The van der Waals surface area contributed by atoms with Crippen molar-refractivity contribution in [3.8, 4) is 5.75 Å². The van der Waals surface area contributed by atoms with Crippen molar-refractivity contribution in [2.45, 2.75) is 32.3 Å². The fourth-order valence-electron chi connectivity index (χ4n) is 1.40. The van der Waals surface area contributed by atoms with Crippen LogP contribution in [0.1, 0.15) is 26.3 Å². The Balaban J connectivity index is 2.89. The van der Waals surface area contributed by atoms with Crippen molar-refractivity contribution >= 4 is 5.97 Å². The monoisotopic (exact) mass is 237 g/mol. The van der Waals surface area contributed by atoms with E-state index in [0.29, 0.717) is 5.75 Å². The highest BCUT2D eigenvalue weighted by molar-refractivity contribution is 5.73. The summed E-state index contributed by atoms with van der Waals surface area (Å²) in [5, 5.41) is 8.86. The molecule has 0 radical (unpaired) electrons. The molecule has 0 fully saturated rings. The van der Waals surface area contributed by atoms with Crippen molar-refractivity contribution in [1.29, 1.82) is 0 Å². The number of carbonyl (C=O) groups is 1. The number of rotatable bonds is 4. The van der Waals surface area contributed by atoms with Gasteiger partial charge in [0.15, 0.2) is 0 Å². The van der Waals surface area contributed by atoms with Crippen LogP contribution in [0.2, 0.25) is 0 Å². The van der Waals surface area contributed by atoms with Crippen molar-refractivity contribution in [3.05, 3.63) is 29.8 Å². The standard InChI is InChI=1S/C13H19NO3/c1-13(2,3)9-5-4-6-10(7-9)17-11(8-14)12(15)16/h4-7,11H,8,14H2,1-3H3,(H,15,16). The second kappa shape index (κ2) is 5.19. The van der Waals surface area contributed by atoms with Crippen LogP contribution in [0.25, 0.3) is 0 Å². The number of aliphatic carboxylic acids is 1. The maximum atomic E-state index is 10.8. The minimum atomic E-state index is -1.05. The number of nitrogens with two attached hydrogens (primary N) is 1. The third kappa shape index (κ3) is 3.75. The van der Waals surface area contributed by atoms with Gasteiger partial charge in [-0.25, -0.2) is 4.79 Å². The summed E-state index contributed by atoms with van der Waals surface area (Å²) in [5.41, 5.74) is 6.43. The smallest absolute Gasteiger partial charge is 0.346 e. The SMILES string of the molecule is CC(C)(C)c1cccc(OC(CN)C(=O)O)c1. The molecule has 1 aromatic carbocycles. The molecule has 94 valence electrons. The molecule has 0 bridgehead atoms. The highest BCUT2D eigenvalue weighted by atomic mass is 16.5. The molecule has 4 nitrogen and oxygen atoms in total. The summed E-state index contributed by atoms with van der Waals surface area (Å²) in [6.45, 7) is 6.21. The van der Waals surface area contributed by atoms with E-state index < -0.39 is 12.1 Å². The molecule has 0 spiro atoms. The van der Waals surface area contributed by atoms with Gasteiger partial charge in [0.25, 0.3) is 0 Å². The molecule has 0 aromatic heterocycles. The van der Waals surface area contributed by atoms with Crippen molar-refractivity contribution in [3.63, 3.8) is 0 Å². The topological polar surface area (TPSA) is 72.5 Å². The average molecular weight is 237 g/mol. The second-order valence-electron chi connectivity index (χ2n) is 4.96. The fraction of sp³-hybridized carbons (Fsp3) is 0.462. The van der Waals surface area contributed by atoms with Crippen molar-refractivity contribution in [1.82, 2.24) is 0 Å². The number of hydrogen-bond acceptors (Lipinski definition) is 3. The fourth-order valence-corrected chi connectivity index (χ4v) is 1.40. The van der Waals surface area contributed by atoms with E-state index in [0.717, 1.165) is 5.56 Å². The maximum absolute atomic E-state index is 10.8. The molecule has 1 rings (SSSR count). The maximum Gasteiger partial charge on any atom is 0.346 e. The Morgan fingerprint density at radius 3 is 2.59 bits per heavy atom. The quantitative estimate of drug-likeness (QED) is 0.837. The highest BCUT2D eigenvalue weighted by Crippen LogP contribution is 2.25. The van der Waals surface area contributed by atoms with Gasteiger partial charge in [0.2, 0.25) is 6.10 Å². The molecule has 0 saturated heterocycles. The summed E-state index contributed by atoms with van der Waals surface area (Å²) in [6, 6.07) is 7.43. The first kappa shape index (κ1) is 13.5. The van der Waals surface area contributed by atoms with Gasteiger partial charge in [-0.15, -0.1) is 0 Å². The minimum absolute atomic E-state index is 0.000798. The van der Waals surface area contributed by atoms with Crippen molar-refractivity contribution < 1.29 is 14.6 Å².